The van der Waals surface area contributed by atoms with Crippen LogP contribution in [0.4, 0.5) is 19.0 Å². The Balaban J connectivity index is 1.36. The number of amides is 1. The molecule has 0 radical (unpaired) electrons. The SMILES string of the molecule is CCOC1(c2ccc(C(=O)N3CCN(c4ccc(C(F)(F)F)cn4)CC3)cc2)COC1. The molecule has 9 heteroatoms. The van der Waals surface area contributed by atoms with E-state index in [0.717, 1.165) is 17.8 Å². The minimum absolute atomic E-state index is 0.0677. The van der Waals surface area contributed by atoms with E-state index in [2.05, 4.69) is 4.98 Å². The number of hydrogen-bond acceptors (Lipinski definition) is 5. The Morgan fingerprint density at radius 3 is 2.26 bits per heavy atom. The Morgan fingerprint density at radius 2 is 1.77 bits per heavy atom. The van der Waals surface area contributed by atoms with Gasteiger partial charge in [0, 0.05) is 44.5 Å². The summed E-state index contributed by atoms with van der Waals surface area (Å²) in [6, 6.07) is 9.84. The van der Waals surface area contributed by atoms with Crippen molar-refractivity contribution in [3.05, 3.63) is 59.3 Å². The predicted molar refractivity (Wildman–Crippen MR) is 108 cm³/mol. The van der Waals surface area contributed by atoms with Crippen molar-refractivity contribution in [2.24, 2.45) is 0 Å². The average molecular weight is 435 g/mol. The third-order valence-electron chi connectivity index (χ3n) is 5.72. The molecule has 6 nitrogen and oxygen atoms in total. The Bertz CT molecular complexity index is 904. The smallest absolute Gasteiger partial charge is 0.375 e. The summed E-state index contributed by atoms with van der Waals surface area (Å²) in [5.41, 5.74) is 0.400. The molecule has 2 aromatic rings. The van der Waals surface area contributed by atoms with E-state index in [9.17, 15) is 18.0 Å². The molecule has 2 aliphatic rings. The molecule has 0 spiro atoms. The summed E-state index contributed by atoms with van der Waals surface area (Å²) in [5.74, 6) is 0.412. The van der Waals surface area contributed by atoms with Gasteiger partial charge in [0.25, 0.3) is 5.91 Å². The maximum Gasteiger partial charge on any atom is 0.417 e. The minimum atomic E-state index is -4.40. The number of carbonyl (C=O) groups is 1. The zero-order chi connectivity index (χ0) is 22.1. The van der Waals surface area contributed by atoms with Crippen LogP contribution in [-0.4, -0.2) is 61.8 Å². The van der Waals surface area contributed by atoms with Gasteiger partial charge >= 0.3 is 6.18 Å². The average Bonchev–Trinajstić information content (AvgIpc) is 2.75. The van der Waals surface area contributed by atoms with Gasteiger partial charge in [0.1, 0.15) is 11.4 Å². The first-order chi connectivity index (χ1) is 14.8. The van der Waals surface area contributed by atoms with Crippen LogP contribution in [0.2, 0.25) is 0 Å². The van der Waals surface area contributed by atoms with Gasteiger partial charge in [-0.2, -0.15) is 13.2 Å². The normalized spacial score (nSPS) is 18.6. The molecule has 0 N–H and O–H groups in total. The van der Waals surface area contributed by atoms with Gasteiger partial charge in [0.15, 0.2) is 0 Å². The van der Waals surface area contributed by atoms with E-state index in [-0.39, 0.29) is 5.91 Å². The number of ether oxygens (including phenoxy) is 2. The summed E-state index contributed by atoms with van der Waals surface area (Å²) in [5, 5.41) is 0. The molecule has 2 aliphatic heterocycles. The number of alkyl halides is 3. The number of carbonyl (C=O) groups excluding carboxylic acids is 1. The van der Waals surface area contributed by atoms with Gasteiger partial charge in [-0.25, -0.2) is 4.98 Å². The van der Waals surface area contributed by atoms with Crippen molar-refractivity contribution >= 4 is 11.7 Å². The first kappa shape index (κ1) is 21.6. The number of anilines is 1. The second-order valence-corrected chi connectivity index (χ2v) is 7.68. The monoisotopic (exact) mass is 435 g/mol. The van der Waals surface area contributed by atoms with E-state index in [1.54, 1.807) is 17.0 Å². The van der Waals surface area contributed by atoms with Gasteiger partial charge in [-0.1, -0.05) is 12.1 Å². The number of rotatable bonds is 5. The lowest BCUT2D eigenvalue weighted by molar-refractivity contribution is -0.214. The van der Waals surface area contributed by atoms with Crippen LogP contribution >= 0.6 is 0 Å². The molecule has 2 fully saturated rings. The Morgan fingerprint density at radius 1 is 1.10 bits per heavy atom. The summed E-state index contributed by atoms with van der Waals surface area (Å²) >= 11 is 0. The molecule has 2 saturated heterocycles. The minimum Gasteiger partial charge on any atom is -0.375 e. The second kappa shape index (κ2) is 8.47. The molecule has 1 amide bonds. The van der Waals surface area contributed by atoms with Crippen molar-refractivity contribution in [1.29, 1.82) is 0 Å². The molecule has 1 aromatic carbocycles. The standard InChI is InChI=1S/C22H24F3N3O3/c1-2-31-21(14-30-15-21)17-5-3-16(4-6-17)20(29)28-11-9-27(10-12-28)19-8-7-18(13-26-19)22(23,24)25/h3-8,13H,2,9-12,14-15H2,1H3. The molecule has 166 valence electrons. The van der Waals surface area contributed by atoms with Crippen molar-refractivity contribution in [3.63, 3.8) is 0 Å². The molecule has 4 rings (SSSR count). The lowest BCUT2D eigenvalue weighted by Gasteiger charge is -2.41. The van der Waals surface area contributed by atoms with Crippen LogP contribution in [-0.2, 0) is 21.3 Å². The molecule has 31 heavy (non-hydrogen) atoms. The third kappa shape index (κ3) is 4.38. The zero-order valence-electron chi connectivity index (χ0n) is 17.2. The fourth-order valence-electron chi connectivity index (χ4n) is 3.88. The number of hydrogen-bond donors (Lipinski definition) is 0. The van der Waals surface area contributed by atoms with E-state index in [1.165, 1.54) is 6.07 Å². The molecule has 0 unspecified atom stereocenters. The van der Waals surface area contributed by atoms with Gasteiger partial charge in [0.2, 0.25) is 0 Å². The summed E-state index contributed by atoms with van der Waals surface area (Å²) in [4.78, 5) is 20.5. The van der Waals surface area contributed by atoms with Crippen LogP contribution in [0.1, 0.15) is 28.4 Å². The fraction of sp³-hybridized carbons (Fsp3) is 0.455. The topological polar surface area (TPSA) is 54.9 Å². The largest absolute Gasteiger partial charge is 0.417 e. The predicted octanol–water partition coefficient (Wildman–Crippen LogP) is 3.32. The zero-order valence-corrected chi connectivity index (χ0v) is 17.2. The van der Waals surface area contributed by atoms with Gasteiger partial charge in [-0.05, 0) is 36.8 Å². The number of piperazine rings is 1. The summed E-state index contributed by atoms with van der Waals surface area (Å²) in [6.45, 7) is 5.50. The van der Waals surface area contributed by atoms with Crippen LogP contribution in [0.25, 0.3) is 0 Å². The molecular formula is C22H24F3N3O3. The first-order valence-electron chi connectivity index (χ1n) is 10.2. The van der Waals surface area contributed by atoms with Crippen molar-refractivity contribution in [1.82, 2.24) is 9.88 Å². The highest BCUT2D eigenvalue weighted by Crippen LogP contribution is 2.34. The molecule has 0 saturated carbocycles. The van der Waals surface area contributed by atoms with Gasteiger partial charge in [-0.15, -0.1) is 0 Å². The van der Waals surface area contributed by atoms with Gasteiger partial charge in [-0.3, -0.25) is 4.79 Å². The molecular weight excluding hydrogens is 411 g/mol. The Kier molecular flexibility index (Phi) is 5.90. The summed E-state index contributed by atoms with van der Waals surface area (Å²) in [6.07, 6.45) is -3.56. The molecule has 1 aromatic heterocycles. The maximum absolute atomic E-state index is 12.9. The highest BCUT2D eigenvalue weighted by molar-refractivity contribution is 5.94. The highest BCUT2D eigenvalue weighted by atomic mass is 19.4. The Labute approximate surface area is 178 Å². The van der Waals surface area contributed by atoms with E-state index in [0.29, 0.717) is 57.4 Å². The van der Waals surface area contributed by atoms with Crippen LogP contribution in [0.5, 0.6) is 0 Å². The van der Waals surface area contributed by atoms with Crippen molar-refractivity contribution in [2.75, 3.05) is 50.9 Å². The van der Waals surface area contributed by atoms with Crippen LogP contribution in [0.15, 0.2) is 42.6 Å². The molecule has 3 heterocycles. The van der Waals surface area contributed by atoms with E-state index in [4.69, 9.17) is 9.47 Å². The second-order valence-electron chi connectivity index (χ2n) is 7.68. The van der Waals surface area contributed by atoms with E-state index >= 15 is 0 Å². The quantitative estimate of drug-likeness (QED) is 0.721. The van der Waals surface area contributed by atoms with E-state index in [1.807, 2.05) is 24.0 Å². The highest BCUT2D eigenvalue weighted by Gasteiger charge is 2.41. The fourth-order valence-corrected chi connectivity index (χ4v) is 3.88. The van der Waals surface area contributed by atoms with Gasteiger partial charge < -0.3 is 19.3 Å². The number of aromatic nitrogens is 1. The van der Waals surface area contributed by atoms with Crippen LogP contribution in [0, 0.1) is 0 Å². The number of pyridine rings is 1. The van der Waals surface area contributed by atoms with Crippen LogP contribution < -0.4 is 4.90 Å². The summed E-state index contributed by atoms with van der Waals surface area (Å²) < 4.78 is 49.3. The lowest BCUT2D eigenvalue weighted by atomic mass is 9.91. The van der Waals surface area contributed by atoms with Crippen molar-refractivity contribution in [2.45, 2.75) is 18.7 Å². The lowest BCUT2D eigenvalue weighted by Crippen LogP contribution is -2.49. The maximum atomic E-state index is 12.9. The molecule has 0 atom stereocenters. The molecule has 0 bridgehead atoms. The number of benzene rings is 1. The third-order valence-corrected chi connectivity index (χ3v) is 5.72. The van der Waals surface area contributed by atoms with Crippen LogP contribution in [0.3, 0.4) is 0 Å². The molecule has 0 aliphatic carbocycles. The summed E-state index contributed by atoms with van der Waals surface area (Å²) in [7, 11) is 0. The first-order valence-corrected chi connectivity index (χ1v) is 10.2. The van der Waals surface area contributed by atoms with E-state index < -0.39 is 17.3 Å². The number of halogens is 3. The number of nitrogens with zero attached hydrogens (tertiary/aromatic N) is 3. The van der Waals surface area contributed by atoms with Gasteiger partial charge in [0.05, 0.1) is 18.8 Å². The Hall–Kier alpha value is -2.65. The van der Waals surface area contributed by atoms with Crippen molar-refractivity contribution < 1.29 is 27.4 Å². The van der Waals surface area contributed by atoms with Crippen molar-refractivity contribution in [3.8, 4) is 0 Å².